The lowest BCUT2D eigenvalue weighted by Gasteiger charge is -2.42. The molecule has 0 aromatic heterocycles. The zero-order chi connectivity index (χ0) is 14.4. The molecule has 1 nitrogen and oxygen atoms in total. The van der Waals surface area contributed by atoms with E-state index in [4.69, 9.17) is 0 Å². The number of benzene rings is 1. The van der Waals surface area contributed by atoms with E-state index in [1.807, 2.05) is 0 Å². The summed E-state index contributed by atoms with van der Waals surface area (Å²) in [6.07, 6.45) is 9.30. The Hall–Kier alpha value is -0.820. The quantitative estimate of drug-likeness (QED) is 0.767. The van der Waals surface area contributed by atoms with Crippen LogP contribution in [-0.2, 0) is 5.41 Å². The van der Waals surface area contributed by atoms with Gasteiger partial charge in [0, 0.05) is 5.41 Å². The van der Waals surface area contributed by atoms with Crippen molar-refractivity contribution < 1.29 is 5.11 Å². The van der Waals surface area contributed by atoms with E-state index in [2.05, 4.69) is 44.2 Å². The molecule has 1 heteroatoms. The fraction of sp³-hybridized carbons (Fsp3) is 0.684. The van der Waals surface area contributed by atoms with Crippen LogP contribution in [0.5, 0.6) is 0 Å². The lowest BCUT2D eigenvalue weighted by molar-refractivity contribution is 0.0443. The number of hydrogen-bond donors (Lipinski definition) is 1. The molecule has 0 spiro atoms. The summed E-state index contributed by atoms with van der Waals surface area (Å²) >= 11 is 0. The van der Waals surface area contributed by atoms with Gasteiger partial charge in [-0.1, -0.05) is 76.3 Å². The Morgan fingerprint density at radius 1 is 1.00 bits per heavy atom. The first-order chi connectivity index (χ1) is 9.65. The molecule has 1 saturated carbocycles. The number of hydrogen-bond acceptors (Lipinski definition) is 1. The Labute approximate surface area is 124 Å². The molecule has 0 bridgehead atoms. The highest BCUT2D eigenvalue weighted by Gasteiger charge is 2.39. The Morgan fingerprint density at radius 2 is 1.65 bits per heavy atom. The fourth-order valence-electron chi connectivity index (χ4n) is 3.76. The van der Waals surface area contributed by atoms with Crippen LogP contribution >= 0.6 is 0 Å². The first kappa shape index (κ1) is 15.6. The molecule has 0 aliphatic heterocycles. The SMILES string of the molecule is CC(C)CCCC(O)C1(c2ccccc2)CCCCC1. The normalized spacial score (nSPS) is 20.0. The third-order valence-corrected chi connectivity index (χ3v) is 4.99. The van der Waals surface area contributed by atoms with Gasteiger partial charge in [0.25, 0.3) is 0 Å². The van der Waals surface area contributed by atoms with Crippen molar-refractivity contribution >= 4 is 0 Å². The van der Waals surface area contributed by atoms with Gasteiger partial charge >= 0.3 is 0 Å². The highest BCUT2D eigenvalue weighted by atomic mass is 16.3. The zero-order valence-corrected chi connectivity index (χ0v) is 13.1. The van der Waals surface area contributed by atoms with Crippen LogP contribution in [0.2, 0.25) is 0 Å². The predicted octanol–water partition coefficient (Wildman–Crippen LogP) is 5.08. The summed E-state index contributed by atoms with van der Waals surface area (Å²) in [6.45, 7) is 4.53. The topological polar surface area (TPSA) is 20.2 Å². The van der Waals surface area contributed by atoms with Crippen LogP contribution in [0.1, 0.15) is 70.8 Å². The maximum atomic E-state index is 10.9. The predicted molar refractivity (Wildman–Crippen MR) is 85.9 cm³/mol. The van der Waals surface area contributed by atoms with Crippen LogP contribution in [0.15, 0.2) is 30.3 Å². The standard InChI is InChI=1S/C19H30O/c1-16(2)10-9-13-18(20)19(14-7-4-8-15-19)17-11-5-3-6-12-17/h3,5-6,11-12,16,18,20H,4,7-10,13-15H2,1-2H3. The molecule has 0 radical (unpaired) electrons. The average molecular weight is 274 g/mol. The molecular weight excluding hydrogens is 244 g/mol. The van der Waals surface area contributed by atoms with E-state index in [0.717, 1.165) is 31.6 Å². The van der Waals surface area contributed by atoms with Crippen molar-refractivity contribution in [3.8, 4) is 0 Å². The van der Waals surface area contributed by atoms with Crippen molar-refractivity contribution in [2.45, 2.75) is 76.7 Å². The molecule has 1 aliphatic carbocycles. The van der Waals surface area contributed by atoms with Gasteiger partial charge in [-0.15, -0.1) is 0 Å². The van der Waals surface area contributed by atoms with Crippen LogP contribution < -0.4 is 0 Å². The Kier molecular flexibility index (Phi) is 5.65. The minimum atomic E-state index is -0.177. The molecule has 1 N–H and O–H groups in total. The van der Waals surface area contributed by atoms with E-state index in [-0.39, 0.29) is 11.5 Å². The van der Waals surface area contributed by atoms with Crippen molar-refractivity contribution in [2.24, 2.45) is 5.92 Å². The van der Waals surface area contributed by atoms with Gasteiger partial charge in [0.2, 0.25) is 0 Å². The summed E-state index contributed by atoms with van der Waals surface area (Å²) in [6, 6.07) is 10.7. The van der Waals surface area contributed by atoms with Crippen LogP contribution in [0, 0.1) is 5.92 Å². The zero-order valence-electron chi connectivity index (χ0n) is 13.1. The Bertz CT molecular complexity index is 376. The van der Waals surface area contributed by atoms with Crippen molar-refractivity contribution in [1.29, 1.82) is 0 Å². The Balaban J connectivity index is 2.10. The number of aliphatic hydroxyl groups is 1. The molecule has 0 saturated heterocycles. The number of aliphatic hydroxyl groups excluding tert-OH is 1. The van der Waals surface area contributed by atoms with Crippen LogP contribution in [0.25, 0.3) is 0 Å². The molecule has 1 aromatic rings. The summed E-state index contributed by atoms with van der Waals surface area (Å²) in [7, 11) is 0. The van der Waals surface area contributed by atoms with Gasteiger partial charge in [0.15, 0.2) is 0 Å². The molecule has 20 heavy (non-hydrogen) atoms. The van der Waals surface area contributed by atoms with Gasteiger partial charge in [-0.25, -0.2) is 0 Å². The second-order valence-corrected chi connectivity index (χ2v) is 6.92. The molecule has 2 rings (SSSR count). The average Bonchev–Trinajstić information content (AvgIpc) is 2.48. The summed E-state index contributed by atoms with van der Waals surface area (Å²) in [5.74, 6) is 0.737. The molecule has 112 valence electrons. The summed E-state index contributed by atoms with van der Waals surface area (Å²) in [5, 5.41) is 10.9. The summed E-state index contributed by atoms with van der Waals surface area (Å²) in [5.41, 5.74) is 1.38. The number of rotatable bonds is 6. The maximum Gasteiger partial charge on any atom is 0.0636 e. The largest absolute Gasteiger partial charge is 0.392 e. The monoisotopic (exact) mass is 274 g/mol. The highest BCUT2D eigenvalue weighted by Crippen LogP contribution is 2.43. The molecule has 1 atom stereocenters. The smallest absolute Gasteiger partial charge is 0.0636 e. The summed E-state index contributed by atoms with van der Waals surface area (Å²) < 4.78 is 0. The van der Waals surface area contributed by atoms with Gasteiger partial charge in [-0.3, -0.25) is 0 Å². The second kappa shape index (κ2) is 7.26. The van der Waals surface area contributed by atoms with E-state index in [0.29, 0.717) is 0 Å². The third-order valence-electron chi connectivity index (χ3n) is 4.99. The molecule has 0 amide bonds. The van der Waals surface area contributed by atoms with Gasteiger partial charge in [0.1, 0.15) is 0 Å². The Morgan fingerprint density at radius 3 is 2.25 bits per heavy atom. The van der Waals surface area contributed by atoms with Gasteiger partial charge in [0.05, 0.1) is 6.10 Å². The summed E-state index contributed by atoms with van der Waals surface area (Å²) in [4.78, 5) is 0. The lowest BCUT2D eigenvalue weighted by Crippen LogP contribution is -2.41. The van der Waals surface area contributed by atoms with E-state index in [9.17, 15) is 5.11 Å². The van der Waals surface area contributed by atoms with Crippen LogP contribution in [-0.4, -0.2) is 11.2 Å². The maximum absolute atomic E-state index is 10.9. The second-order valence-electron chi connectivity index (χ2n) is 6.92. The highest BCUT2D eigenvalue weighted by molar-refractivity contribution is 5.27. The van der Waals surface area contributed by atoms with E-state index in [1.165, 1.54) is 31.2 Å². The van der Waals surface area contributed by atoms with Gasteiger partial charge in [-0.2, -0.15) is 0 Å². The van der Waals surface area contributed by atoms with Gasteiger partial charge in [-0.05, 0) is 30.7 Å². The molecule has 1 unspecified atom stereocenters. The molecule has 0 heterocycles. The fourth-order valence-corrected chi connectivity index (χ4v) is 3.76. The first-order valence-electron chi connectivity index (χ1n) is 8.39. The van der Waals surface area contributed by atoms with Crippen molar-refractivity contribution in [3.05, 3.63) is 35.9 Å². The van der Waals surface area contributed by atoms with E-state index < -0.39 is 0 Å². The minimum Gasteiger partial charge on any atom is -0.392 e. The van der Waals surface area contributed by atoms with Gasteiger partial charge < -0.3 is 5.11 Å². The van der Waals surface area contributed by atoms with Crippen molar-refractivity contribution in [1.82, 2.24) is 0 Å². The lowest BCUT2D eigenvalue weighted by atomic mass is 9.65. The molecule has 1 aromatic carbocycles. The molecule has 1 aliphatic rings. The van der Waals surface area contributed by atoms with Crippen LogP contribution in [0.4, 0.5) is 0 Å². The van der Waals surface area contributed by atoms with E-state index >= 15 is 0 Å². The minimum absolute atomic E-state index is 0.0243. The molecular formula is C19H30O. The first-order valence-corrected chi connectivity index (χ1v) is 8.39. The van der Waals surface area contributed by atoms with Crippen molar-refractivity contribution in [2.75, 3.05) is 0 Å². The van der Waals surface area contributed by atoms with E-state index in [1.54, 1.807) is 0 Å². The van der Waals surface area contributed by atoms with Crippen LogP contribution in [0.3, 0.4) is 0 Å². The van der Waals surface area contributed by atoms with Crippen molar-refractivity contribution in [3.63, 3.8) is 0 Å². The molecule has 1 fully saturated rings. The third kappa shape index (κ3) is 3.63.